The van der Waals surface area contributed by atoms with Crippen molar-refractivity contribution >= 4 is 28.1 Å². The molecule has 1 aliphatic rings. The highest BCUT2D eigenvalue weighted by Crippen LogP contribution is 2.32. The second-order valence-corrected chi connectivity index (χ2v) is 7.40. The summed E-state index contributed by atoms with van der Waals surface area (Å²) in [5.74, 6) is -4.20. The lowest BCUT2D eigenvalue weighted by atomic mass is 9.88. The predicted octanol–water partition coefficient (Wildman–Crippen LogP) is 3.46. The van der Waals surface area contributed by atoms with E-state index in [-0.39, 0.29) is 18.5 Å². The van der Waals surface area contributed by atoms with E-state index in [0.29, 0.717) is 18.2 Å². The van der Waals surface area contributed by atoms with Crippen LogP contribution >= 0.6 is 12.4 Å². The van der Waals surface area contributed by atoms with Gasteiger partial charge in [0, 0.05) is 17.8 Å². The van der Waals surface area contributed by atoms with E-state index < -0.39 is 38.4 Å². The van der Waals surface area contributed by atoms with Crippen molar-refractivity contribution in [3.63, 3.8) is 0 Å². The fraction of sp³-hybridized carbons (Fsp3) is 0.250. The number of nitrogens with one attached hydrogen (secondary N) is 1. The van der Waals surface area contributed by atoms with E-state index in [1.165, 1.54) is 0 Å². The number of benzene rings is 2. The summed E-state index contributed by atoms with van der Waals surface area (Å²) in [7, 11) is -4.35. The topological polar surface area (TPSA) is 72.2 Å². The molecule has 2 aromatic rings. The minimum Gasteiger partial charge on any atom is -0.399 e. The van der Waals surface area contributed by atoms with Crippen LogP contribution < -0.4 is 10.5 Å². The summed E-state index contributed by atoms with van der Waals surface area (Å²) in [6.45, 7) is 0. The molecule has 0 aromatic heterocycles. The van der Waals surface area contributed by atoms with E-state index in [0.717, 1.165) is 24.0 Å². The van der Waals surface area contributed by atoms with Crippen molar-refractivity contribution in [2.24, 2.45) is 0 Å². The van der Waals surface area contributed by atoms with Crippen molar-refractivity contribution in [2.75, 3.05) is 5.73 Å². The lowest BCUT2D eigenvalue weighted by Gasteiger charge is -2.26. The molecule has 1 unspecified atom stereocenters. The van der Waals surface area contributed by atoms with Crippen LogP contribution in [0.15, 0.2) is 35.2 Å². The largest absolute Gasteiger partial charge is 0.399 e. The van der Waals surface area contributed by atoms with Gasteiger partial charge in [0.25, 0.3) is 0 Å². The lowest BCUT2D eigenvalue weighted by molar-refractivity contribution is 0.475. The summed E-state index contributed by atoms with van der Waals surface area (Å²) in [5, 5.41) is 0. The molecule has 3 rings (SSSR count). The summed E-state index contributed by atoms with van der Waals surface area (Å²) in [6.07, 6.45) is 2.00. The highest BCUT2D eigenvalue weighted by molar-refractivity contribution is 7.89. The number of halogens is 4. The van der Waals surface area contributed by atoms with Gasteiger partial charge in [0.2, 0.25) is 10.0 Å². The number of sulfonamides is 1. The molecule has 0 aliphatic heterocycles. The molecule has 0 radical (unpaired) electrons. The molecule has 0 bridgehead atoms. The molecule has 0 heterocycles. The highest BCUT2D eigenvalue weighted by Gasteiger charge is 2.28. The zero-order chi connectivity index (χ0) is 17.5. The van der Waals surface area contributed by atoms with Crippen LogP contribution in [0.4, 0.5) is 18.9 Å². The number of fused-ring (bicyclic) bond motifs is 1. The van der Waals surface area contributed by atoms with Crippen molar-refractivity contribution in [3.8, 4) is 0 Å². The molecule has 3 N–H and O–H groups in total. The fourth-order valence-corrected chi connectivity index (χ4v) is 4.24. The molecule has 0 saturated carbocycles. The minimum absolute atomic E-state index is 0. The number of hydrogen-bond acceptors (Lipinski definition) is 3. The van der Waals surface area contributed by atoms with E-state index in [9.17, 15) is 21.6 Å². The molecule has 4 nitrogen and oxygen atoms in total. The van der Waals surface area contributed by atoms with Crippen molar-refractivity contribution in [3.05, 3.63) is 58.9 Å². The SMILES string of the molecule is Cl.Nc1ccc2c(c1)CCCC2NS(=O)(=O)c1cc(F)c(F)cc1F. The van der Waals surface area contributed by atoms with Crippen LogP contribution in [0.1, 0.15) is 30.0 Å². The Balaban J connectivity index is 0.00000225. The predicted molar refractivity (Wildman–Crippen MR) is 90.4 cm³/mol. The molecule has 9 heteroatoms. The zero-order valence-electron chi connectivity index (χ0n) is 12.9. The maximum Gasteiger partial charge on any atom is 0.244 e. The van der Waals surface area contributed by atoms with Gasteiger partial charge in [-0.2, -0.15) is 0 Å². The van der Waals surface area contributed by atoms with Gasteiger partial charge in [-0.05, 0) is 48.6 Å². The lowest BCUT2D eigenvalue weighted by Crippen LogP contribution is -2.31. The third kappa shape index (κ3) is 3.91. The average Bonchev–Trinajstić information content (AvgIpc) is 2.50. The summed E-state index contributed by atoms with van der Waals surface area (Å²) in [4.78, 5) is -0.913. The van der Waals surface area contributed by atoms with Crippen LogP contribution in [0, 0.1) is 17.5 Å². The van der Waals surface area contributed by atoms with Gasteiger partial charge < -0.3 is 5.73 Å². The number of anilines is 1. The van der Waals surface area contributed by atoms with E-state index >= 15 is 0 Å². The number of nitrogens with two attached hydrogens (primary N) is 1. The summed E-state index contributed by atoms with van der Waals surface area (Å²) in [6, 6.07) is 5.14. The second-order valence-electron chi connectivity index (χ2n) is 5.72. The molecule has 136 valence electrons. The van der Waals surface area contributed by atoms with Crippen molar-refractivity contribution in [1.82, 2.24) is 4.72 Å². The molecular formula is C16H16ClF3N2O2S. The van der Waals surface area contributed by atoms with Gasteiger partial charge in [-0.15, -0.1) is 12.4 Å². The van der Waals surface area contributed by atoms with Crippen molar-refractivity contribution in [1.29, 1.82) is 0 Å². The van der Waals surface area contributed by atoms with Crippen LogP contribution in [0.2, 0.25) is 0 Å². The summed E-state index contributed by atoms with van der Waals surface area (Å²) >= 11 is 0. The van der Waals surface area contributed by atoms with Crippen LogP contribution in [0.25, 0.3) is 0 Å². The van der Waals surface area contributed by atoms with Crippen LogP contribution in [0.5, 0.6) is 0 Å². The highest BCUT2D eigenvalue weighted by atomic mass is 35.5. The number of nitrogen functional groups attached to an aromatic ring is 1. The van der Waals surface area contributed by atoms with Gasteiger partial charge in [-0.25, -0.2) is 26.3 Å². The van der Waals surface area contributed by atoms with Crippen LogP contribution in [-0.2, 0) is 16.4 Å². The molecule has 2 aromatic carbocycles. The zero-order valence-corrected chi connectivity index (χ0v) is 14.6. The van der Waals surface area contributed by atoms with Crippen LogP contribution in [-0.4, -0.2) is 8.42 Å². The standard InChI is InChI=1S/C16H15F3N2O2S.ClH/c17-12-7-14(19)16(8-13(12)18)24(22,23)21-15-3-1-2-9-6-10(20)4-5-11(9)15;/h4-8,15,21H,1-3,20H2;1H. The Hall–Kier alpha value is -1.77. The molecule has 0 spiro atoms. The molecule has 1 atom stereocenters. The van der Waals surface area contributed by atoms with Gasteiger partial charge in [0.15, 0.2) is 11.6 Å². The Morgan fingerprint density at radius 1 is 1.04 bits per heavy atom. The summed E-state index contributed by atoms with van der Waals surface area (Å²) < 4.78 is 67.3. The van der Waals surface area contributed by atoms with E-state index in [2.05, 4.69) is 4.72 Å². The molecule has 1 aliphatic carbocycles. The molecular weight excluding hydrogens is 377 g/mol. The first kappa shape index (κ1) is 19.6. The van der Waals surface area contributed by atoms with E-state index in [1.807, 2.05) is 0 Å². The maximum absolute atomic E-state index is 13.8. The summed E-state index contributed by atoms with van der Waals surface area (Å²) in [5.41, 5.74) is 7.97. The van der Waals surface area contributed by atoms with Gasteiger partial charge in [0.05, 0.1) is 0 Å². The monoisotopic (exact) mass is 392 g/mol. The second kappa shape index (κ2) is 7.23. The Morgan fingerprint density at radius 3 is 2.44 bits per heavy atom. The number of rotatable bonds is 3. The Labute approximate surface area is 149 Å². The molecule has 25 heavy (non-hydrogen) atoms. The van der Waals surface area contributed by atoms with E-state index in [4.69, 9.17) is 5.73 Å². The molecule has 0 saturated heterocycles. The van der Waals surface area contributed by atoms with Crippen LogP contribution in [0.3, 0.4) is 0 Å². The third-order valence-corrected chi connectivity index (χ3v) is 5.53. The number of aryl methyl sites for hydroxylation is 1. The smallest absolute Gasteiger partial charge is 0.244 e. The Morgan fingerprint density at radius 2 is 1.72 bits per heavy atom. The Kier molecular flexibility index (Phi) is 5.65. The van der Waals surface area contributed by atoms with Gasteiger partial charge >= 0.3 is 0 Å². The first-order valence-corrected chi connectivity index (χ1v) is 8.81. The van der Waals surface area contributed by atoms with Crippen molar-refractivity contribution < 1.29 is 21.6 Å². The quantitative estimate of drug-likeness (QED) is 0.620. The minimum atomic E-state index is -4.35. The molecule has 0 amide bonds. The fourth-order valence-electron chi connectivity index (χ4n) is 2.92. The van der Waals surface area contributed by atoms with Gasteiger partial charge in [-0.1, -0.05) is 6.07 Å². The van der Waals surface area contributed by atoms with Gasteiger partial charge in [-0.3, -0.25) is 0 Å². The van der Waals surface area contributed by atoms with E-state index in [1.54, 1.807) is 18.2 Å². The maximum atomic E-state index is 13.8. The Bertz CT molecular complexity index is 906. The number of hydrogen-bond donors (Lipinski definition) is 2. The van der Waals surface area contributed by atoms with Gasteiger partial charge in [0.1, 0.15) is 10.7 Å². The first-order chi connectivity index (χ1) is 11.3. The normalized spacial score (nSPS) is 16.8. The third-order valence-electron chi connectivity index (χ3n) is 4.04. The average molecular weight is 393 g/mol. The molecule has 0 fully saturated rings. The first-order valence-electron chi connectivity index (χ1n) is 7.33. The van der Waals surface area contributed by atoms with Crippen molar-refractivity contribution in [2.45, 2.75) is 30.2 Å².